The van der Waals surface area contributed by atoms with Crippen LogP contribution in [0.4, 0.5) is 0 Å². The lowest BCUT2D eigenvalue weighted by Gasteiger charge is -2.28. The second-order valence-electron chi connectivity index (χ2n) is 6.62. The van der Waals surface area contributed by atoms with Gasteiger partial charge in [0.2, 0.25) is 0 Å². The van der Waals surface area contributed by atoms with E-state index in [1.807, 2.05) is 24.3 Å². The van der Waals surface area contributed by atoms with E-state index in [0.29, 0.717) is 31.1 Å². The molecule has 0 radical (unpaired) electrons. The third-order valence-electron chi connectivity index (χ3n) is 4.80. The Morgan fingerprint density at radius 1 is 1.17 bits per heavy atom. The van der Waals surface area contributed by atoms with Crippen molar-refractivity contribution < 1.29 is 24.1 Å². The van der Waals surface area contributed by atoms with Crippen LogP contribution in [0.2, 0.25) is 0 Å². The van der Waals surface area contributed by atoms with Crippen molar-refractivity contribution in [1.82, 2.24) is 4.90 Å². The number of rotatable bonds is 7. The van der Waals surface area contributed by atoms with Gasteiger partial charge in [-0.15, -0.1) is 0 Å². The average molecular weight is 462 g/mol. The summed E-state index contributed by atoms with van der Waals surface area (Å²) >= 11 is 3.39. The third kappa shape index (κ3) is 5.18. The highest BCUT2D eigenvalue weighted by atomic mass is 79.9. The number of hydrogen-bond acceptors (Lipinski definition) is 6. The zero-order valence-electron chi connectivity index (χ0n) is 16.5. The molecular formula is C22H24BrNO5. The van der Waals surface area contributed by atoms with Crippen LogP contribution in [-0.2, 0) is 11.3 Å². The molecule has 1 aliphatic heterocycles. The highest BCUT2D eigenvalue weighted by molar-refractivity contribution is 9.10. The van der Waals surface area contributed by atoms with Gasteiger partial charge in [0.15, 0.2) is 5.78 Å². The van der Waals surface area contributed by atoms with Crippen LogP contribution in [0.5, 0.6) is 17.2 Å². The fourth-order valence-electron chi connectivity index (χ4n) is 3.21. The van der Waals surface area contributed by atoms with E-state index in [1.54, 1.807) is 12.1 Å². The van der Waals surface area contributed by atoms with Gasteiger partial charge in [-0.25, -0.2) is 0 Å². The van der Waals surface area contributed by atoms with Crippen molar-refractivity contribution in [2.45, 2.75) is 6.54 Å². The summed E-state index contributed by atoms with van der Waals surface area (Å²) in [5.74, 6) is 0.307. The van der Waals surface area contributed by atoms with Crippen molar-refractivity contribution in [2.24, 2.45) is 0 Å². The number of halogens is 1. The van der Waals surface area contributed by atoms with Crippen molar-refractivity contribution in [2.75, 3.05) is 40.5 Å². The Labute approximate surface area is 178 Å². The number of allylic oxidation sites excluding steroid dienone is 1. The van der Waals surface area contributed by atoms with Crippen LogP contribution in [0.15, 0.2) is 40.9 Å². The minimum atomic E-state index is -0.340. The summed E-state index contributed by atoms with van der Waals surface area (Å²) in [5.41, 5.74) is 1.57. The lowest BCUT2D eigenvalue weighted by molar-refractivity contribution is 0.0335. The van der Waals surface area contributed by atoms with E-state index in [1.165, 1.54) is 20.3 Å². The van der Waals surface area contributed by atoms with E-state index < -0.39 is 0 Å². The zero-order chi connectivity index (χ0) is 20.8. The number of phenolic OH excluding ortho intramolecular Hbond substituents is 1. The molecule has 0 bridgehead atoms. The van der Waals surface area contributed by atoms with Crippen LogP contribution in [0.25, 0.3) is 6.08 Å². The fourth-order valence-corrected chi connectivity index (χ4v) is 3.47. The maximum absolute atomic E-state index is 12.9. The molecule has 2 aromatic rings. The number of carbonyl (C=O) groups excluding carboxylic acids is 1. The number of benzene rings is 2. The summed E-state index contributed by atoms with van der Waals surface area (Å²) in [4.78, 5) is 15.1. The number of ether oxygens (including phenoxy) is 3. The van der Waals surface area contributed by atoms with Crippen molar-refractivity contribution in [3.8, 4) is 17.2 Å². The molecule has 1 fully saturated rings. The van der Waals surface area contributed by atoms with Gasteiger partial charge in [0.25, 0.3) is 0 Å². The molecule has 1 N–H and O–H groups in total. The van der Waals surface area contributed by atoms with Crippen LogP contribution in [0, 0.1) is 0 Å². The van der Waals surface area contributed by atoms with Crippen LogP contribution in [0.1, 0.15) is 21.5 Å². The summed E-state index contributed by atoms with van der Waals surface area (Å²) in [6.45, 7) is 3.24. The lowest BCUT2D eigenvalue weighted by atomic mass is 10.0. The molecule has 1 aliphatic rings. The Hall–Kier alpha value is -2.35. The van der Waals surface area contributed by atoms with Gasteiger partial charge >= 0.3 is 0 Å². The lowest BCUT2D eigenvalue weighted by Crippen LogP contribution is -2.35. The first-order valence-electron chi connectivity index (χ1n) is 9.28. The molecule has 1 heterocycles. The van der Waals surface area contributed by atoms with Crippen LogP contribution in [-0.4, -0.2) is 56.3 Å². The zero-order valence-corrected chi connectivity index (χ0v) is 18.1. The van der Waals surface area contributed by atoms with E-state index in [4.69, 9.17) is 14.2 Å². The summed E-state index contributed by atoms with van der Waals surface area (Å²) in [6, 6.07) is 9.23. The maximum Gasteiger partial charge on any atom is 0.193 e. The number of nitrogens with zero attached hydrogens (tertiary/aromatic N) is 1. The number of phenols is 1. The van der Waals surface area contributed by atoms with Gasteiger partial charge in [0.1, 0.15) is 22.8 Å². The first kappa shape index (κ1) is 21.4. The Bertz CT molecular complexity index is 889. The monoisotopic (exact) mass is 461 g/mol. The Kier molecular flexibility index (Phi) is 7.30. The molecule has 3 rings (SSSR count). The van der Waals surface area contributed by atoms with Gasteiger partial charge in [-0.2, -0.15) is 0 Å². The summed E-state index contributed by atoms with van der Waals surface area (Å²) in [5, 5.41) is 11.0. The fraction of sp³-hybridized carbons (Fsp3) is 0.318. The number of methoxy groups -OCH3 is 2. The normalized spacial score (nSPS) is 14.9. The van der Waals surface area contributed by atoms with E-state index in [2.05, 4.69) is 20.8 Å². The maximum atomic E-state index is 12.9. The first-order valence-corrected chi connectivity index (χ1v) is 10.1. The molecule has 6 nitrogen and oxygen atoms in total. The van der Waals surface area contributed by atoms with Gasteiger partial charge in [-0.05, 0) is 23.8 Å². The Balaban J connectivity index is 1.94. The molecule has 0 saturated carbocycles. The predicted molar refractivity (Wildman–Crippen MR) is 115 cm³/mol. The number of hydrogen-bond donors (Lipinski definition) is 1. The molecule has 7 heteroatoms. The Morgan fingerprint density at radius 3 is 2.45 bits per heavy atom. The highest BCUT2D eigenvalue weighted by Gasteiger charge is 2.25. The predicted octanol–water partition coefficient (Wildman–Crippen LogP) is 3.90. The van der Waals surface area contributed by atoms with E-state index >= 15 is 0 Å². The van der Waals surface area contributed by atoms with Crippen LogP contribution < -0.4 is 9.47 Å². The van der Waals surface area contributed by atoms with Crippen molar-refractivity contribution in [1.29, 1.82) is 0 Å². The largest absolute Gasteiger partial charge is 0.507 e. The molecule has 0 spiro atoms. The van der Waals surface area contributed by atoms with Gasteiger partial charge < -0.3 is 19.3 Å². The van der Waals surface area contributed by atoms with E-state index in [9.17, 15) is 9.90 Å². The highest BCUT2D eigenvalue weighted by Crippen LogP contribution is 2.40. The number of aromatic hydroxyl groups is 1. The third-order valence-corrected chi connectivity index (χ3v) is 5.33. The molecule has 0 unspecified atom stereocenters. The second-order valence-corrected chi connectivity index (χ2v) is 7.54. The number of ketones is 1. The molecule has 0 atom stereocenters. The van der Waals surface area contributed by atoms with Crippen molar-refractivity contribution in [3.05, 3.63) is 57.6 Å². The molecule has 0 aromatic heterocycles. The second kappa shape index (κ2) is 9.91. The van der Waals surface area contributed by atoms with Crippen molar-refractivity contribution >= 4 is 27.8 Å². The van der Waals surface area contributed by atoms with Crippen molar-refractivity contribution in [3.63, 3.8) is 0 Å². The average Bonchev–Trinajstić information content (AvgIpc) is 2.75. The minimum absolute atomic E-state index is 0.113. The standard InChI is InChI=1S/C22H24BrNO5/c1-27-19-13-20(28-2)21(18(25)8-5-15-3-6-16(23)7-4-15)22(26)17(19)14-24-9-11-29-12-10-24/h3-8,13,26H,9-12,14H2,1-2H3/b8-5+. The Morgan fingerprint density at radius 2 is 1.83 bits per heavy atom. The SMILES string of the molecule is COc1cc(OC)c(C(=O)/C=C/c2ccc(Br)cc2)c(O)c1CN1CCOCC1. The van der Waals surface area contributed by atoms with E-state index in [-0.39, 0.29) is 22.8 Å². The summed E-state index contributed by atoms with van der Waals surface area (Å²) < 4.78 is 17.2. The summed E-state index contributed by atoms with van der Waals surface area (Å²) in [6.07, 6.45) is 3.14. The molecule has 2 aromatic carbocycles. The van der Waals surface area contributed by atoms with Gasteiger partial charge in [0.05, 0.1) is 33.0 Å². The smallest absolute Gasteiger partial charge is 0.193 e. The van der Waals surface area contributed by atoms with Crippen LogP contribution in [0.3, 0.4) is 0 Å². The minimum Gasteiger partial charge on any atom is -0.507 e. The molecule has 0 aliphatic carbocycles. The van der Waals surface area contributed by atoms with Gasteiger partial charge in [-0.1, -0.05) is 34.1 Å². The summed E-state index contributed by atoms with van der Waals surface area (Å²) in [7, 11) is 3.00. The molecule has 0 amide bonds. The first-order chi connectivity index (χ1) is 14.0. The number of morpholine rings is 1. The van der Waals surface area contributed by atoms with E-state index in [0.717, 1.165) is 23.1 Å². The molecular weight excluding hydrogens is 438 g/mol. The topological polar surface area (TPSA) is 68.2 Å². The van der Waals surface area contributed by atoms with Gasteiger partial charge in [0, 0.05) is 30.2 Å². The molecule has 154 valence electrons. The number of carbonyl (C=O) groups is 1. The van der Waals surface area contributed by atoms with Gasteiger partial charge in [-0.3, -0.25) is 9.69 Å². The molecule has 1 saturated heterocycles. The molecule has 29 heavy (non-hydrogen) atoms. The quantitative estimate of drug-likeness (QED) is 0.498. The van der Waals surface area contributed by atoms with Crippen LogP contribution >= 0.6 is 15.9 Å².